The maximum atomic E-state index is 13.9. The van der Waals surface area contributed by atoms with Gasteiger partial charge < -0.3 is 5.32 Å². The van der Waals surface area contributed by atoms with Crippen molar-refractivity contribution in [2.45, 2.75) is 18.7 Å². The van der Waals surface area contributed by atoms with E-state index in [0.717, 1.165) is 39.3 Å². The van der Waals surface area contributed by atoms with Gasteiger partial charge in [-0.3, -0.25) is 19.5 Å². The molecular formula is C33H28ClN5O2S. The number of carbonyl (C=O) groups is 2. The van der Waals surface area contributed by atoms with Crippen molar-refractivity contribution in [3.63, 3.8) is 0 Å². The van der Waals surface area contributed by atoms with Gasteiger partial charge in [-0.1, -0.05) is 83.9 Å². The summed E-state index contributed by atoms with van der Waals surface area (Å²) in [4.78, 5) is 33.1. The van der Waals surface area contributed by atoms with Gasteiger partial charge in [0.1, 0.15) is 12.4 Å². The molecule has 5 aromatic rings. The number of anilines is 1. The molecular weight excluding hydrogens is 566 g/mol. The number of aromatic nitrogens is 3. The largest absolute Gasteiger partial charge is 0.349 e. The lowest BCUT2D eigenvalue weighted by atomic mass is 9.99. The molecule has 0 saturated heterocycles. The van der Waals surface area contributed by atoms with Crippen LogP contribution in [-0.4, -0.2) is 38.9 Å². The standard InChI is InChI=1S/C33H28ClN5O2S/c1-22-14-16-25(17-15-22)39-33-30(31(37-39)23-9-3-2-4-10-23)32(26-12-5-6-13-27(26)34)42-21-29(41)38(33)20-28(40)36-19-24-11-7-8-18-35-24/h2-18,32H,19-21H2,1H3,(H,36,40)/t32-/m1/s1. The molecule has 9 heteroatoms. The summed E-state index contributed by atoms with van der Waals surface area (Å²) in [6, 6.07) is 31.1. The number of nitrogens with one attached hydrogen (secondary N) is 1. The number of carbonyl (C=O) groups excluding carboxylic acids is 2. The molecule has 1 N–H and O–H groups in total. The first-order valence-corrected chi connectivity index (χ1v) is 15.0. The van der Waals surface area contributed by atoms with Crippen LogP contribution in [0, 0.1) is 6.92 Å². The highest BCUT2D eigenvalue weighted by molar-refractivity contribution is 8.00. The van der Waals surface area contributed by atoms with Crippen molar-refractivity contribution in [1.29, 1.82) is 0 Å². The number of pyridine rings is 1. The van der Waals surface area contributed by atoms with E-state index in [1.807, 2.05) is 104 Å². The molecule has 42 heavy (non-hydrogen) atoms. The Balaban J connectivity index is 1.52. The van der Waals surface area contributed by atoms with Crippen LogP contribution in [0.5, 0.6) is 0 Å². The van der Waals surface area contributed by atoms with Crippen LogP contribution in [0.15, 0.2) is 103 Å². The van der Waals surface area contributed by atoms with Crippen molar-refractivity contribution >= 4 is 41.0 Å². The first-order chi connectivity index (χ1) is 20.5. The summed E-state index contributed by atoms with van der Waals surface area (Å²) in [5, 5.41) is 8.35. The SMILES string of the molecule is Cc1ccc(-n2nc(-c3ccccc3)c3c2N(CC(=O)NCc2ccccn2)C(=O)CS[C@@H]3c2ccccc2Cl)cc1. The molecule has 0 aliphatic carbocycles. The van der Waals surface area contributed by atoms with Gasteiger partial charge in [-0.15, -0.1) is 11.8 Å². The zero-order chi connectivity index (χ0) is 29.1. The molecule has 210 valence electrons. The van der Waals surface area contributed by atoms with Crippen molar-refractivity contribution < 1.29 is 9.59 Å². The Hall–Kier alpha value is -4.40. The molecule has 3 heterocycles. The van der Waals surface area contributed by atoms with Gasteiger partial charge in [-0.25, -0.2) is 4.68 Å². The average molecular weight is 594 g/mol. The van der Waals surface area contributed by atoms with Crippen LogP contribution in [0.25, 0.3) is 16.9 Å². The van der Waals surface area contributed by atoms with Gasteiger partial charge in [-0.05, 0) is 42.8 Å². The van der Waals surface area contributed by atoms with E-state index in [9.17, 15) is 9.59 Å². The lowest BCUT2D eigenvalue weighted by Gasteiger charge is -2.23. The fourth-order valence-corrected chi connectivity index (χ4v) is 6.56. The van der Waals surface area contributed by atoms with E-state index >= 15 is 0 Å². The number of thioether (sulfide) groups is 1. The zero-order valence-corrected chi connectivity index (χ0v) is 24.5. The van der Waals surface area contributed by atoms with Crippen molar-refractivity contribution in [2.24, 2.45) is 0 Å². The quantitative estimate of drug-likeness (QED) is 0.237. The lowest BCUT2D eigenvalue weighted by Crippen LogP contribution is -2.42. The number of halogens is 1. The number of fused-ring (bicyclic) bond motifs is 1. The number of aryl methyl sites for hydroxylation is 1. The first-order valence-electron chi connectivity index (χ1n) is 13.6. The summed E-state index contributed by atoms with van der Waals surface area (Å²) in [5.41, 5.74) is 5.99. The first kappa shape index (κ1) is 27.8. The smallest absolute Gasteiger partial charge is 0.240 e. The predicted molar refractivity (Wildman–Crippen MR) is 168 cm³/mol. The Labute approximate surface area is 253 Å². The molecule has 2 aromatic heterocycles. The van der Waals surface area contributed by atoms with Crippen LogP contribution >= 0.6 is 23.4 Å². The third-order valence-electron chi connectivity index (χ3n) is 7.10. The second kappa shape index (κ2) is 12.2. The fraction of sp³-hybridized carbons (Fsp3) is 0.152. The van der Waals surface area contributed by atoms with Crippen LogP contribution in [0.2, 0.25) is 5.02 Å². The molecule has 1 aliphatic heterocycles. The molecule has 3 aromatic carbocycles. The summed E-state index contributed by atoms with van der Waals surface area (Å²) >= 11 is 8.26. The zero-order valence-electron chi connectivity index (χ0n) is 22.9. The maximum Gasteiger partial charge on any atom is 0.240 e. The van der Waals surface area contributed by atoms with E-state index in [0.29, 0.717) is 10.8 Å². The Morgan fingerprint density at radius 3 is 2.45 bits per heavy atom. The summed E-state index contributed by atoms with van der Waals surface area (Å²) in [6.45, 7) is 2.12. The highest BCUT2D eigenvalue weighted by Crippen LogP contribution is 2.49. The number of nitrogens with zero attached hydrogens (tertiary/aromatic N) is 4. The third kappa shape index (κ3) is 5.68. The van der Waals surface area contributed by atoms with E-state index < -0.39 is 0 Å². The molecule has 1 atom stereocenters. The van der Waals surface area contributed by atoms with Crippen molar-refractivity contribution in [1.82, 2.24) is 20.1 Å². The maximum absolute atomic E-state index is 13.9. The minimum absolute atomic E-state index is 0.166. The summed E-state index contributed by atoms with van der Waals surface area (Å²) < 4.78 is 1.79. The molecule has 0 bridgehead atoms. The Bertz CT molecular complexity index is 1730. The number of benzene rings is 3. The molecule has 2 amide bonds. The van der Waals surface area contributed by atoms with Crippen LogP contribution in [0.3, 0.4) is 0 Å². The van der Waals surface area contributed by atoms with Gasteiger partial charge in [0.25, 0.3) is 0 Å². The van der Waals surface area contributed by atoms with E-state index in [2.05, 4.69) is 10.3 Å². The van der Waals surface area contributed by atoms with Gasteiger partial charge in [0, 0.05) is 22.3 Å². The van der Waals surface area contributed by atoms with Crippen molar-refractivity contribution in [3.05, 3.63) is 131 Å². The van der Waals surface area contributed by atoms with Crippen molar-refractivity contribution in [2.75, 3.05) is 17.2 Å². The Morgan fingerprint density at radius 1 is 0.976 bits per heavy atom. The number of hydrogen-bond acceptors (Lipinski definition) is 5. The van der Waals surface area contributed by atoms with Crippen LogP contribution in [-0.2, 0) is 16.1 Å². The monoisotopic (exact) mass is 593 g/mol. The average Bonchev–Trinajstić information content (AvgIpc) is 3.34. The molecule has 0 radical (unpaired) electrons. The predicted octanol–water partition coefficient (Wildman–Crippen LogP) is 6.38. The summed E-state index contributed by atoms with van der Waals surface area (Å²) in [6.07, 6.45) is 1.68. The molecule has 0 fully saturated rings. The second-order valence-electron chi connectivity index (χ2n) is 9.99. The molecule has 0 spiro atoms. The van der Waals surface area contributed by atoms with E-state index in [-0.39, 0.29) is 35.9 Å². The topological polar surface area (TPSA) is 80.1 Å². The van der Waals surface area contributed by atoms with Crippen LogP contribution in [0.1, 0.15) is 27.6 Å². The van der Waals surface area contributed by atoms with E-state index in [1.165, 1.54) is 11.8 Å². The normalized spacial score (nSPS) is 14.8. The number of amides is 2. The van der Waals surface area contributed by atoms with Gasteiger partial charge in [0.2, 0.25) is 11.8 Å². The number of rotatable bonds is 7. The molecule has 1 aliphatic rings. The van der Waals surface area contributed by atoms with Crippen LogP contribution in [0.4, 0.5) is 5.82 Å². The lowest BCUT2D eigenvalue weighted by molar-refractivity contribution is -0.123. The van der Waals surface area contributed by atoms with Gasteiger partial charge >= 0.3 is 0 Å². The summed E-state index contributed by atoms with van der Waals surface area (Å²) in [5.74, 6) is 0.251. The van der Waals surface area contributed by atoms with E-state index in [1.54, 1.807) is 15.8 Å². The highest BCUT2D eigenvalue weighted by Gasteiger charge is 2.38. The molecule has 6 rings (SSSR count). The third-order valence-corrected chi connectivity index (χ3v) is 8.68. The van der Waals surface area contributed by atoms with Crippen LogP contribution < -0.4 is 10.2 Å². The molecule has 0 unspecified atom stereocenters. The molecule has 7 nitrogen and oxygen atoms in total. The summed E-state index contributed by atoms with van der Waals surface area (Å²) in [7, 11) is 0. The minimum Gasteiger partial charge on any atom is -0.349 e. The van der Waals surface area contributed by atoms with Gasteiger partial charge in [0.05, 0.1) is 34.6 Å². The van der Waals surface area contributed by atoms with Gasteiger partial charge in [-0.2, -0.15) is 5.10 Å². The fourth-order valence-electron chi connectivity index (χ4n) is 5.02. The number of hydrogen-bond donors (Lipinski definition) is 1. The van der Waals surface area contributed by atoms with E-state index in [4.69, 9.17) is 16.7 Å². The minimum atomic E-state index is -0.298. The van der Waals surface area contributed by atoms with Gasteiger partial charge in [0.15, 0.2) is 0 Å². The highest BCUT2D eigenvalue weighted by atomic mass is 35.5. The second-order valence-corrected chi connectivity index (χ2v) is 11.5. The Morgan fingerprint density at radius 2 is 1.71 bits per heavy atom. The van der Waals surface area contributed by atoms with Crippen molar-refractivity contribution in [3.8, 4) is 16.9 Å². The Kier molecular flexibility index (Phi) is 8.08. The molecule has 0 saturated carbocycles.